The van der Waals surface area contributed by atoms with Crippen LogP contribution in [0.3, 0.4) is 0 Å². The Hall–Kier alpha value is -1.62. The lowest BCUT2D eigenvalue weighted by Gasteiger charge is -2.41. The molecule has 2 fully saturated rings. The maximum Gasteiger partial charge on any atom is 0.307 e. The summed E-state index contributed by atoms with van der Waals surface area (Å²) in [5, 5.41) is 12.5. The largest absolute Gasteiger partial charge is 0.481 e. The molecule has 2 saturated carbocycles. The summed E-state index contributed by atoms with van der Waals surface area (Å²) >= 11 is 3.38. The zero-order valence-corrected chi connectivity index (χ0v) is 13.4. The predicted molar refractivity (Wildman–Crippen MR) is 85.1 cm³/mol. The number of amides is 1. The molecule has 5 rings (SSSR count). The molecule has 1 aromatic rings. The zero-order valence-electron chi connectivity index (χ0n) is 11.8. The van der Waals surface area contributed by atoms with E-state index in [1.54, 1.807) is 0 Å². The van der Waals surface area contributed by atoms with Crippen LogP contribution in [-0.4, -0.2) is 17.0 Å². The molecule has 4 nitrogen and oxygen atoms in total. The van der Waals surface area contributed by atoms with Crippen LogP contribution in [-0.2, 0) is 9.59 Å². The van der Waals surface area contributed by atoms with E-state index in [-0.39, 0.29) is 17.7 Å². The molecule has 4 aliphatic rings. The number of nitrogens with one attached hydrogen (secondary N) is 1. The Balaban J connectivity index is 1.61. The fraction of sp³-hybridized carbons (Fsp3) is 0.412. The topological polar surface area (TPSA) is 66.4 Å². The van der Waals surface area contributed by atoms with Crippen molar-refractivity contribution in [2.45, 2.75) is 6.42 Å². The minimum atomic E-state index is -0.848. The van der Waals surface area contributed by atoms with Crippen LogP contribution in [0.15, 0.2) is 40.9 Å². The molecule has 5 heteroatoms. The van der Waals surface area contributed by atoms with Crippen LogP contribution < -0.4 is 5.32 Å². The van der Waals surface area contributed by atoms with Gasteiger partial charge in [0.05, 0.1) is 11.8 Å². The number of carbonyl (C=O) groups is 2. The Bertz CT molecular complexity index is 686. The van der Waals surface area contributed by atoms with Gasteiger partial charge in [0.1, 0.15) is 0 Å². The zero-order chi connectivity index (χ0) is 15.4. The number of carboxylic acids is 1. The van der Waals surface area contributed by atoms with Gasteiger partial charge < -0.3 is 10.4 Å². The Morgan fingerprint density at radius 1 is 1.14 bits per heavy atom. The first-order chi connectivity index (χ1) is 10.6. The molecule has 4 aliphatic carbocycles. The first-order valence-electron chi connectivity index (χ1n) is 7.54. The van der Waals surface area contributed by atoms with Crippen molar-refractivity contribution in [3.05, 3.63) is 40.9 Å². The van der Waals surface area contributed by atoms with Crippen molar-refractivity contribution < 1.29 is 14.7 Å². The summed E-state index contributed by atoms with van der Waals surface area (Å²) in [7, 11) is 0. The highest BCUT2D eigenvalue weighted by Crippen LogP contribution is 2.63. The van der Waals surface area contributed by atoms with Crippen molar-refractivity contribution in [1.82, 2.24) is 0 Å². The lowest BCUT2D eigenvalue weighted by Crippen LogP contribution is -2.48. The second-order valence-electron chi connectivity index (χ2n) is 6.49. The number of anilines is 1. The number of hydrogen-bond acceptors (Lipinski definition) is 2. The lowest BCUT2D eigenvalue weighted by atomic mass is 9.62. The highest BCUT2D eigenvalue weighted by atomic mass is 79.9. The van der Waals surface area contributed by atoms with Crippen molar-refractivity contribution in [2.75, 3.05) is 5.32 Å². The summed E-state index contributed by atoms with van der Waals surface area (Å²) in [4.78, 5) is 24.4. The Morgan fingerprint density at radius 2 is 1.82 bits per heavy atom. The second kappa shape index (κ2) is 4.95. The number of halogens is 1. The number of fused-ring (bicyclic) bond motifs is 1. The molecule has 0 unspecified atom stereocenters. The van der Waals surface area contributed by atoms with Crippen LogP contribution in [0.25, 0.3) is 0 Å². The van der Waals surface area contributed by atoms with Gasteiger partial charge in [-0.05, 0) is 48.3 Å². The Morgan fingerprint density at radius 3 is 2.45 bits per heavy atom. The Kier molecular flexibility index (Phi) is 3.15. The minimum absolute atomic E-state index is 0.0192. The molecule has 0 spiro atoms. The normalized spacial score (nSPS) is 37.5. The summed E-state index contributed by atoms with van der Waals surface area (Å²) in [5.41, 5.74) is 0.696. The molecule has 0 heterocycles. The quantitative estimate of drug-likeness (QED) is 0.812. The molecule has 0 radical (unpaired) electrons. The third-order valence-electron chi connectivity index (χ3n) is 5.33. The number of hydrogen-bond donors (Lipinski definition) is 2. The highest BCUT2D eigenvalue weighted by molar-refractivity contribution is 9.10. The molecule has 0 aromatic heterocycles. The fourth-order valence-electron chi connectivity index (χ4n) is 4.36. The summed E-state index contributed by atoms with van der Waals surface area (Å²) in [6.07, 6.45) is 5.16. The van der Waals surface area contributed by atoms with E-state index in [1.165, 1.54) is 0 Å². The van der Waals surface area contributed by atoms with Crippen LogP contribution in [0.4, 0.5) is 5.69 Å². The van der Waals surface area contributed by atoms with Crippen LogP contribution in [0, 0.1) is 35.5 Å². The van der Waals surface area contributed by atoms with E-state index in [9.17, 15) is 14.7 Å². The van der Waals surface area contributed by atoms with Crippen molar-refractivity contribution in [3.8, 4) is 0 Å². The van der Waals surface area contributed by atoms with Gasteiger partial charge in [-0.3, -0.25) is 9.59 Å². The van der Waals surface area contributed by atoms with Gasteiger partial charge in [-0.2, -0.15) is 0 Å². The summed E-state index contributed by atoms with van der Waals surface area (Å²) in [6, 6.07) is 7.37. The van der Waals surface area contributed by atoms with E-state index < -0.39 is 17.8 Å². The van der Waals surface area contributed by atoms with Gasteiger partial charge >= 0.3 is 5.97 Å². The van der Waals surface area contributed by atoms with Gasteiger partial charge in [-0.1, -0.05) is 34.1 Å². The van der Waals surface area contributed by atoms with Crippen LogP contribution in [0.2, 0.25) is 0 Å². The predicted octanol–water partition coefficient (Wildman–Crippen LogP) is 3.16. The third kappa shape index (κ3) is 2.10. The van der Waals surface area contributed by atoms with Crippen molar-refractivity contribution in [2.24, 2.45) is 35.5 Å². The number of benzene rings is 1. The molecule has 22 heavy (non-hydrogen) atoms. The van der Waals surface area contributed by atoms with Gasteiger partial charge in [0, 0.05) is 10.2 Å². The second-order valence-corrected chi connectivity index (χ2v) is 7.41. The van der Waals surface area contributed by atoms with Gasteiger partial charge in [-0.15, -0.1) is 0 Å². The van der Waals surface area contributed by atoms with Crippen molar-refractivity contribution >= 4 is 33.5 Å². The SMILES string of the molecule is O=C(O)[C@@H]1[C@H]2C=C[C@@H]([C@@H]3C[C@@H]23)[C@H]1C(=O)Nc1cccc(Br)c1. The molecule has 6 atom stereocenters. The highest BCUT2D eigenvalue weighted by Gasteiger charge is 2.62. The first-order valence-corrected chi connectivity index (χ1v) is 8.33. The fourth-order valence-corrected chi connectivity index (χ4v) is 4.76. The van der Waals surface area contributed by atoms with Gasteiger partial charge in [0.25, 0.3) is 0 Å². The Labute approximate surface area is 136 Å². The average Bonchev–Trinajstić information content (AvgIpc) is 3.28. The number of carbonyl (C=O) groups excluding carboxylic acids is 1. The van der Waals surface area contributed by atoms with E-state index in [0.717, 1.165) is 10.9 Å². The van der Waals surface area contributed by atoms with E-state index >= 15 is 0 Å². The number of aliphatic carboxylic acids is 1. The molecule has 1 aromatic carbocycles. The van der Waals surface area contributed by atoms with Gasteiger partial charge in [0.15, 0.2) is 0 Å². The van der Waals surface area contributed by atoms with E-state index in [2.05, 4.69) is 27.3 Å². The van der Waals surface area contributed by atoms with Crippen LogP contribution >= 0.6 is 15.9 Å². The lowest BCUT2D eigenvalue weighted by molar-refractivity contribution is -0.152. The van der Waals surface area contributed by atoms with Gasteiger partial charge in [-0.25, -0.2) is 0 Å². The molecule has 0 saturated heterocycles. The monoisotopic (exact) mass is 361 g/mol. The molecule has 1 amide bonds. The first kappa shape index (κ1) is 14.0. The maximum atomic E-state index is 12.7. The van der Waals surface area contributed by atoms with Crippen LogP contribution in [0.5, 0.6) is 0 Å². The smallest absolute Gasteiger partial charge is 0.307 e. The number of rotatable bonds is 3. The molecule has 2 N–H and O–H groups in total. The number of allylic oxidation sites excluding steroid dienone is 2. The van der Waals surface area contributed by atoms with Crippen LogP contribution in [0.1, 0.15) is 6.42 Å². The van der Waals surface area contributed by atoms with E-state index in [1.807, 2.05) is 30.3 Å². The standard InChI is InChI=1S/C17H16BrNO3/c18-8-2-1-3-9(6-8)19-16(20)14-10-4-5-11(13-7-12(10)13)15(14)17(21)22/h1-6,10-15H,7H2,(H,19,20)(H,21,22)/t10-,11-,12-,13-,14+,15+/m0/s1. The minimum Gasteiger partial charge on any atom is -0.481 e. The maximum absolute atomic E-state index is 12.7. The van der Waals surface area contributed by atoms with Gasteiger partial charge in [0.2, 0.25) is 5.91 Å². The molecular weight excluding hydrogens is 346 g/mol. The number of carboxylic acid groups (broad SMARTS) is 1. The third-order valence-corrected chi connectivity index (χ3v) is 5.83. The van der Waals surface area contributed by atoms with E-state index in [0.29, 0.717) is 17.5 Å². The molecule has 2 bridgehead atoms. The average molecular weight is 362 g/mol. The van der Waals surface area contributed by atoms with Crippen molar-refractivity contribution in [1.29, 1.82) is 0 Å². The van der Waals surface area contributed by atoms with Crippen molar-refractivity contribution in [3.63, 3.8) is 0 Å². The summed E-state index contributed by atoms with van der Waals surface area (Å²) in [6.45, 7) is 0. The summed E-state index contributed by atoms with van der Waals surface area (Å²) < 4.78 is 0.882. The van der Waals surface area contributed by atoms with E-state index in [4.69, 9.17) is 0 Å². The molecule has 114 valence electrons. The molecular formula is C17H16BrNO3. The summed E-state index contributed by atoms with van der Waals surface area (Å²) in [5.74, 6) is -1.00. The molecule has 0 aliphatic heterocycles.